The molecule has 2 N–H and O–H groups in total. The Morgan fingerprint density at radius 2 is 2.07 bits per heavy atom. The van der Waals surface area contributed by atoms with Crippen LogP contribution in [0.5, 0.6) is 0 Å². The Bertz CT molecular complexity index is 1000. The van der Waals surface area contributed by atoms with Crippen LogP contribution in [-0.4, -0.2) is 49.6 Å². The number of aliphatic imine (C=N–C) groups is 1. The predicted octanol–water partition coefficient (Wildman–Crippen LogP) is 2.02. The van der Waals surface area contributed by atoms with Crippen molar-refractivity contribution in [3.63, 3.8) is 0 Å². The molecule has 3 aromatic rings. The van der Waals surface area contributed by atoms with Crippen LogP contribution >= 0.6 is 0 Å². The molecule has 3 heterocycles. The molecule has 1 aliphatic heterocycles. The van der Waals surface area contributed by atoms with Gasteiger partial charge in [-0.25, -0.2) is 18.7 Å². The van der Waals surface area contributed by atoms with Crippen LogP contribution in [0.4, 0.5) is 4.39 Å². The number of guanidine groups is 1. The van der Waals surface area contributed by atoms with Crippen molar-refractivity contribution >= 4 is 5.96 Å². The Morgan fingerprint density at radius 3 is 2.87 bits per heavy atom. The predicted molar refractivity (Wildman–Crippen MR) is 113 cm³/mol. The maximum absolute atomic E-state index is 13.1. The molecule has 0 radical (unpaired) electrons. The summed E-state index contributed by atoms with van der Waals surface area (Å²) in [4.78, 5) is 9.17. The Balaban J connectivity index is 1.34. The molecule has 1 atom stereocenters. The lowest BCUT2D eigenvalue weighted by atomic mass is 10.1. The highest BCUT2D eigenvalue weighted by molar-refractivity contribution is 5.80. The topological polar surface area (TPSA) is 84.9 Å². The van der Waals surface area contributed by atoms with Crippen LogP contribution in [0.2, 0.25) is 0 Å². The second kappa shape index (κ2) is 9.06. The van der Waals surface area contributed by atoms with E-state index in [4.69, 9.17) is 4.99 Å². The third kappa shape index (κ3) is 4.84. The second-order valence-corrected chi connectivity index (χ2v) is 7.38. The fourth-order valence-electron chi connectivity index (χ4n) is 3.58. The molecule has 0 saturated carbocycles. The van der Waals surface area contributed by atoms with Gasteiger partial charge in [-0.15, -0.1) is 0 Å². The molecule has 0 spiro atoms. The Hall–Kier alpha value is -3.23. The van der Waals surface area contributed by atoms with Gasteiger partial charge in [-0.2, -0.15) is 10.2 Å². The molecule has 9 heteroatoms. The molecule has 2 aromatic heterocycles. The minimum absolute atomic E-state index is 0.253. The fraction of sp³-hybridized carbons (Fsp3) is 0.429. The minimum atomic E-state index is -0.253. The lowest BCUT2D eigenvalue weighted by molar-refractivity contribution is 0.392. The number of aryl methyl sites for hydroxylation is 2. The quantitative estimate of drug-likeness (QED) is 0.480. The highest BCUT2D eigenvalue weighted by Gasteiger charge is 2.21. The molecular weight excluding hydrogens is 383 g/mol. The average Bonchev–Trinajstić information content (AvgIpc) is 3.34. The van der Waals surface area contributed by atoms with Crippen molar-refractivity contribution in [2.45, 2.75) is 45.7 Å². The van der Waals surface area contributed by atoms with Crippen LogP contribution in [0.1, 0.15) is 30.7 Å². The standard InChI is InChI=1S/C21H27FN8/c1-3-23-21(26-18-6-9-20-25-15(2)27-30(20)14-18)24-12-10-17-11-13-29(28-17)19-7-4-16(22)5-8-19/h4-5,7-8,11,13,18H,3,6,9-10,12,14H2,1-2H3,(H2,23,24,26). The van der Waals surface area contributed by atoms with Gasteiger partial charge in [-0.05, 0) is 50.6 Å². The summed E-state index contributed by atoms with van der Waals surface area (Å²) in [6.07, 6.45) is 4.53. The van der Waals surface area contributed by atoms with E-state index in [-0.39, 0.29) is 11.9 Å². The van der Waals surface area contributed by atoms with E-state index in [2.05, 4.69) is 32.7 Å². The number of halogens is 1. The van der Waals surface area contributed by atoms with Gasteiger partial charge in [0.15, 0.2) is 5.96 Å². The van der Waals surface area contributed by atoms with Gasteiger partial charge in [-0.3, -0.25) is 4.99 Å². The Kier molecular flexibility index (Phi) is 6.06. The van der Waals surface area contributed by atoms with Crippen molar-refractivity contribution < 1.29 is 4.39 Å². The number of fused-ring (bicyclic) bond motifs is 1. The number of nitrogens with zero attached hydrogens (tertiary/aromatic N) is 6. The van der Waals surface area contributed by atoms with E-state index in [1.807, 2.05) is 23.9 Å². The monoisotopic (exact) mass is 410 g/mol. The van der Waals surface area contributed by atoms with Gasteiger partial charge in [0.05, 0.1) is 17.9 Å². The van der Waals surface area contributed by atoms with E-state index in [0.717, 1.165) is 61.3 Å². The molecule has 1 aliphatic rings. The minimum Gasteiger partial charge on any atom is -0.357 e. The van der Waals surface area contributed by atoms with E-state index >= 15 is 0 Å². The van der Waals surface area contributed by atoms with Crippen molar-refractivity contribution in [1.29, 1.82) is 0 Å². The highest BCUT2D eigenvalue weighted by atomic mass is 19.1. The van der Waals surface area contributed by atoms with Crippen LogP contribution in [0.15, 0.2) is 41.5 Å². The zero-order valence-electron chi connectivity index (χ0n) is 17.3. The number of hydrogen-bond donors (Lipinski definition) is 2. The summed E-state index contributed by atoms with van der Waals surface area (Å²) < 4.78 is 16.8. The fourth-order valence-corrected chi connectivity index (χ4v) is 3.58. The van der Waals surface area contributed by atoms with Gasteiger partial charge in [-0.1, -0.05) is 0 Å². The van der Waals surface area contributed by atoms with Crippen molar-refractivity contribution in [3.05, 3.63) is 59.7 Å². The number of aromatic nitrogens is 5. The van der Waals surface area contributed by atoms with Crippen molar-refractivity contribution in [2.75, 3.05) is 13.1 Å². The molecule has 30 heavy (non-hydrogen) atoms. The molecule has 8 nitrogen and oxygen atoms in total. The van der Waals surface area contributed by atoms with Gasteiger partial charge in [0, 0.05) is 38.2 Å². The second-order valence-electron chi connectivity index (χ2n) is 7.38. The third-order valence-corrected chi connectivity index (χ3v) is 5.02. The average molecular weight is 411 g/mol. The van der Waals surface area contributed by atoms with Crippen molar-refractivity contribution in [2.24, 2.45) is 4.99 Å². The first-order valence-electron chi connectivity index (χ1n) is 10.4. The molecule has 1 aromatic carbocycles. The number of hydrogen-bond acceptors (Lipinski definition) is 4. The SMILES string of the molecule is CCNC(=NCCc1ccn(-c2ccc(F)cc2)n1)NC1CCc2nc(C)nn2C1. The molecule has 0 amide bonds. The number of nitrogens with one attached hydrogen (secondary N) is 2. The van der Waals surface area contributed by atoms with E-state index in [1.165, 1.54) is 12.1 Å². The maximum Gasteiger partial charge on any atom is 0.191 e. The van der Waals surface area contributed by atoms with Crippen LogP contribution in [0.3, 0.4) is 0 Å². The van der Waals surface area contributed by atoms with Crippen LogP contribution in [0, 0.1) is 12.7 Å². The van der Waals surface area contributed by atoms with E-state index in [9.17, 15) is 4.39 Å². The summed E-state index contributed by atoms with van der Waals surface area (Å²) in [5.41, 5.74) is 1.78. The summed E-state index contributed by atoms with van der Waals surface area (Å²) in [6.45, 7) is 6.20. The van der Waals surface area contributed by atoms with Gasteiger partial charge >= 0.3 is 0 Å². The number of benzene rings is 1. The molecule has 0 fully saturated rings. The third-order valence-electron chi connectivity index (χ3n) is 5.02. The number of rotatable bonds is 6. The van der Waals surface area contributed by atoms with Crippen LogP contribution < -0.4 is 10.6 Å². The first kappa shape index (κ1) is 20.1. The first-order chi connectivity index (χ1) is 14.6. The zero-order valence-corrected chi connectivity index (χ0v) is 17.3. The van der Waals surface area contributed by atoms with Gasteiger partial charge in [0.1, 0.15) is 17.5 Å². The van der Waals surface area contributed by atoms with Crippen molar-refractivity contribution in [1.82, 2.24) is 35.2 Å². The molecule has 0 bridgehead atoms. The van der Waals surface area contributed by atoms with Gasteiger partial charge in [0.25, 0.3) is 0 Å². The lowest BCUT2D eigenvalue weighted by Gasteiger charge is -2.25. The van der Waals surface area contributed by atoms with E-state index < -0.39 is 0 Å². The maximum atomic E-state index is 13.1. The smallest absolute Gasteiger partial charge is 0.191 e. The van der Waals surface area contributed by atoms with Crippen molar-refractivity contribution in [3.8, 4) is 5.69 Å². The first-order valence-corrected chi connectivity index (χ1v) is 10.4. The van der Waals surface area contributed by atoms with Crippen LogP contribution in [-0.2, 0) is 19.4 Å². The summed E-state index contributed by atoms with van der Waals surface area (Å²) >= 11 is 0. The summed E-state index contributed by atoms with van der Waals surface area (Å²) in [7, 11) is 0. The van der Waals surface area contributed by atoms with E-state index in [0.29, 0.717) is 6.54 Å². The largest absolute Gasteiger partial charge is 0.357 e. The lowest BCUT2D eigenvalue weighted by Crippen LogP contribution is -2.47. The normalized spacial score (nSPS) is 16.4. The summed E-state index contributed by atoms with van der Waals surface area (Å²) in [5.74, 6) is 2.44. The highest BCUT2D eigenvalue weighted by Crippen LogP contribution is 2.13. The molecule has 4 rings (SSSR count). The molecule has 0 aliphatic carbocycles. The summed E-state index contributed by atoms with van der Waals surface area (Å²) in [5, 5.41) is 15.9. The Labute approximate surface area is 175 Å². The van der Waals surface area contributed by atoms with E-state index in [1.54, 1.807) is 16.8 Å². The van der Waals surface area contributed by atoms with Gasteiger partial charge < -0.3 is 10.6 Å². The summed E-state index contributed by atoms with van der Waals surface area (Å²) in [6, 6.07) is 8.53. The zero-order chi connectivity index (χ0) is 20.9. The molecular formula is C21H27FN8. The molecule has 0 saturated heterocycles. The van der Waals surface area contributed by atoms with Crippen LogP contribution in [0.25, 0.3) is 5.69 Å². The Morgan fingerprint density at radius 1 is 1.23 bits per heavy atom. The molecule has 1 unspecified atom stereocenters. The molecule has 158 valence electrons. The van der Waals surface area contributed by atoms with Gasteiger partial charge in [0.2, 0.25) is 0 Å².